The van der Waals surface area contributed by atoms with Crippen molar-refractivity contribution >= 4 is 11.8 Å². The number of hydrogen-bond acceptors (Lipinski definition) is 2. The minimum Gasteiger partial charge on any atom is -0.392 e. The average molecular weight is 203 g/mol. The van der Waals surface area contributed by atoms with Crippen molar-refractivity contribution in [2.24, 2.45) is 0 Å². The first-order valence-corrected chi connectivity index (χ1v) is 5.52. The molecule has 0 aliphatic carbocycles. The molecule has 80 valence electrons. The molecule has 1 aliphatic rings. The Bertz CT molecular complexity index is 323. The van der Waals surface area contributed by atoms with Gasteiger partial charge in [-0.15, -0.1) is 0 Å². The molecule has 1 saturated heterocycles. The quantitative estimate of drug-likeness (QED) is 0.814. The van der Waals surface area contributed by atoms with Crippen molar-refractivity contribution in [3.05, 3.63) is 35.9 Å². The Kier molecular flexibility index (Phi) is 3.41. The minimum atomic E-state index is 0.105. The maximum Gasteiger partial charge on any atom is 0.0615 e. The van der Waals surface area contributed by atoms with Crippen LogP contribution in [0.3, 0.4) is 0 Å². The van der Waals surface area contributed by atoms with E-state index in [9.17, 15) is 0 Å². The van der Waals surface area contributed by atoms with Crippen LogP contribution in [0.4, 0.5) is 5.69 Å². The Balaban J connectivity index is 2.06. The Morgan fingerprint density at radius 1 is 1.13 bits per heavy atom. The topological polar surface area (TPSA) is 23.5 Å². The SMILES string of the molecule is OCC=Cc1ccc(N2CCCC2)cc1. The zero-order chi connectivity index (χ0) is 10.5. The van der Waals surface area contributed by atoms with Gasteiger partial charge in [-0.2, -0.15) is 0 Å². The standard InChI is InChI=1S/C13H17NO/c15-11-3-4-12-5-7-13(8-6-12)14-9-1-2-10-14/h3-8,15H,1-2,9-11H2. The highest BCUT2D eigenvalue weighted by Crippen LogP contribution is 2.20. The normalized spacial score (nSPS) is 16.5. The molecule has 2 rings (SSSR count). The number of nitrogens with zero attached hydrogens (tertiary/aromatic N) is 1. The predicted molar refractivity (Wildman–Crippen MR) is 64.0 cm³/mol. The largest absolute Gasteiger partial charge is 0.392 e. The highest BCUT2D eigenvalue weighted by Gasteiger charge is 2.11. The van der Waals surface area contributed by atoms with Gasteiger partial charge in [0.25, 0.3) is 0 Å². The van der Waals surface area contributed by atoms with Crippen LogP contribution in [-0.4, -0.2) is 24.8 Å². The number of aliphatic hydroxyl groups is 1. The molecule has 1 heterocycles. The third kappa shape index (κ3) is 2.60. The predicted octanol–water partition coefficient (Wildman–Crippen LogP) is 2.29. The zero-order valence-corrected chi connectivity index (χ0v) is 8.89. The van der Waals surface area contributed by atoms with Crippen LogP contribution in [0.2, 0.25) is 0 Å². The summed E-state index contributed by atoms with van der Waals surface area (Å²) in [4.78, 5) is 2.42. The van der Waals surface area contributed by atoms with Gasteiger partial charge in [0.1, 0.15) is 0 Å². The summed E-state index contributed by atoms with van der Waals surface area (Å²) < 4.78 is 0. The molecule has 0 aromatic heterocycles. The van der Waals surface area contributed by atoms with Crippen LogP contribution in [0.15, 0.2) is 30.3 Å². The van der Waals surface area contributed by atoms with E-state index in [1.165, 1.54) is 31.6 Å². The monoisotopic (exact) mass is 203 g/mol. The summed E-state index contributed by atoms with van der Waals surface area (Å²) >= 11 is 0. The van der Waals surface area contributed by atoms with Gasteiger partial charge in [-0.1, -0.05) is 24.3 Å². The lowest BCUT2D eigenvalue weighted by Gasteiger charge is -2.17. The molecule has 0 atom stereocenters. The molecular formula is C13H17NO. The van der Waals surface area contributed by atoms with E-state index < -0.39 is 0 Å². The van der Waals surface area contributed by atoms with E-state index in [2.05, 4.69) is 29.2 Å². The fraction of sp³-hybridized carbons (Fsp3) is 0.385. The van der Waals surface area contributed by atoms with Crippen LogP contribution in [0.1, 0.15) is 18.4 Å². The fourth-order valence-electron chi connectivity index (χ4n) is 1.96. The second-order valence-electron chi connectivity index (χ2n) is 3.87. The fourth-order valence-corrected chi connectivity index (χ4v) is 1.96. The number of rotatable bonds is 3. The van der Waals surface area contributed by atoms with E-state index >= 15 is 0 Å². The van der Waals surface area contributed by atoms with E-state index in [0.29, 0.717) is 0 Å². The van der Waals surface area contributed by atoms with Gasteiger partial charge in [0.15, 0.2) is 0 Å². The van der Waals surface area contributed by atoms with E-state index in [-0.39, 0.29) is 6.61 Å². The Morgan fingerprint density at radius 2 is 1.80 bits per heavy atom. The van der Waals surface area contributed by atoms with E-state index in [4.69, 9.17) is 5.11 Å². The third-order valence-corrected chi connectivity index (χ3v) is 2.78. The van der Waals surface area contributed by atoms with E-state index in [0.717, 1.165) is 5.56 Å². The van der Waals surface area contributed by atoms with Crippen molar-refractivity contribution in [2.75, 3.05) is 24.6 Å². The number of aliphatic hydroxyl groups excluding tert-OH is 1. The Labute approximate surface area is 90.8 Å². The highest BCUT2D eigenvalue weighted by atomic mass is 16.2. The Hall–Kier alpha value is -1.28. The van der Waals surface area contributed by atoms with Crippen LogP contribution >= 0.6 is 0 Å². The van der Waals surface area contributed by atoms with E-state index in [1.807, 2.05) is 6.08 Å². The van der Waals surface area contributed by atoms with Crippen molar-refractivity contribution in [1.82, 2.24) is 0 Å². The zero-order valence-electron chi connectivity index (χ0n) is 8.89. The van der Waals surface area contributed by atoms with Gasteiger partial charge in [0, 0.05) is 18.8 Å². The summed E-state index contributed by atoms with van der Waals surface area (Å²) in [6, 6.07) is 8.50. The smallest absolute Gasteiger partial charge is 0.0615 e. The first kappa shape index (κ1) is 10.2. The van der Waals surface area contributed by atoms with Crippen LogP contribution in [0.25, 0.3) is 6.08 Å². The van der Waals surface area contributed by atoms with E-state index in [1.54, 1.807) is 6.08 Å². The van der Waals surface area contributed by atoms with Gasteiger partial charge in [-0.3, -0.25) is 0 Å². The molecule has 0 unspecified atom stereocenters. The number of hydrogen-bond donors (Lipinski definition) is 1. The molecule has 15 heavy (non-hydrogen) atoms. The van der Waals surface area contributed by atoms with Gasteiger partial charge in [-0.25, -0.2) is 0 Å². The highest BCUT2D eigenvalue weighted by molar-refractivity contribution is 5.56. The summed E-state index contributed by atoms with van der Waals surface area (Å²) in [5.74, 6) is 0. The molecule has 1 aliphatic heterocycles. The second-order valence-corrected chi connectivity index (χ2v) is 3.87. The van der Waals surface area contributed by atoms with Crippen molar-refractivity contribution in [3.8, 4) is 0 Å². The summed E-state index contributed by atoms with van der Waals surface area (Å²) in [7, 11) is 0. The van der Waals surface area contributed by atoms with Gasteiger partial charge in [0.05, 0.1) is 6.61 Å². The second kappa shape index (κ2) is 4.99. The molecule has 0 amide bonds. The molecule has 2 heteroatoms. The molecule has 0 radical (unpaired) electrons. The molecule has 1 aromatic rings. The summed E-state index contributed by atoms with van der Waals surface area (Å²) in [5.41, 5.74) is 2.46. The number of anilines is 1. The first-order chi connectivity index (χ1) is 7.40. The lowest BCUT2D eigenvalue weighted by molar-refractivity contribution is 0.343. The maximum absolute atomic E-state index is 8.66. The molecule has 0 spiro atoms. The Morgan fingerprint density at radius 3 is 2.40 bits per heavy atom. The van der Waals surface area contributed by atoms with Crippen LogP contribution in [0.5, 0.6) is 0 Å². The molecule has 0 bridgehead atoms. The molecule has 1 fully saturated rings. The average Bonchev–Trinajstić information content (AvgIpc) is 2.80. The summed E-state index contributed by atoms with van der Waals surface area (Å²) in [6.07, 6.45) is 6.32. The molecule has 1 N–H and O–H groups in total. The molecular weight excluding hydrogens is 186 g/mol. The summed E-state index contributed by atoms with van der Waals surface area (Å²) in [6.45, 7) is 2.48. The van der Waals surface area contributed by atoms with Crippen LogP contribution in [0, 0.1) is 0 Å². The molecule has 1 aromatic carbocycles. The van der Waals surface area contributed by atoms with Crippen molar-refractivity contribution in [2.45, 2.75) is 12.8 Å². The molecule has 2 nitrogen and oxygen atoms in total. The van der Waals surface area contributed by atoms with Gasteiger partial charge in [-0.05, 0) is 30.5 Å². The van der Waals surface area contributed by atoms with Crippen molar-refractivity contribution < 1.29 is 5.11 Å². The lowest BCUT2D eigenvalue weighted by Crippen LogP contribution is -2.17. The number of benzene rings is 1. The van der Waals surface area contributed by atoms with Crippen LogP contribution < -0.4 is 4.90 Å². The van der Waals surface area contributed by atoms with Gasteiger partial charge in [0.2, 0.25) is 0 Å². The lowest BCUT2D eigenvalue weighted by atomic mass is 10.2. The maximum atomic E-state index is 8.66. The molecule has 0 saturated carbocycles. The minimum absolute atomic E-state index is 0.105. The van der Waals surface area contributed by atoms with Crippen molar-refractivity contribution in [3.63, 3.8) is 0 Å². The van der Waals surface area contributed by atoms with Gasteiger partial charge < -0.3 is 10.0 Å². The van der Waals surface area contributed by atoms with Crippen molar-refractivity contribution in [1.29, 1.82) is 0 Å². The third-order valence-electron chi connectivity index (χ3n) is 2.78. The van der Waals surface area contributed by atoms with Gasteiger partial charge >= 0.3 is 0 Å². The first-order valence-electron chi connectivity index (χ1n) is 5.52. The summed E-state index contributed by atoms with van der Waals surface area (Å²) in [5, 5.41) is 8.66. The van der Waals surface area contributed by atoms with Crippen LogP contribution in [-0.2, 0) is 0 Å².